The number of carbonyl (C=O) groups excluding carboxylic acids is 1. The highest BCUT2D eigenvalue weighted by Crippen LogP contribution is 2.24. The van der Waals surface area contributed by atoms with E-state index in [2.05, 4.69) is 20.0 Å². The van der Waals surface area contributed by atoms with Crippen LogP contribution in [0.4, 0.5) is 10.7 Å². The van der Waals surface area contributed by atoms with Gasteiger partial charge in [-0.25, -0.2) is 23.2 Å². The number of aliphatic imine (C=N–C) groups is 1. The molecule has 1 amide bonds. The van der Waals surface area contributed by atoms with E-state index in [-0.39, 0.29) is 28.1 Å². The second-order valence-electron chi connectivity index (χ2n) is 4.75. The van der Waals surface area contributed by atoms with E-state index in [9.17, 15) is 18.0 Å². The molecule has 2 rings (SSSR count). The molecule has 26 heavy (non-hydrogen) atoms. The number of guanidine groups is 1. The highest BCUT2D eigenvalue weighted by Gasteiger charge is 2.21. The molecule has 0 spiro atoms. The first-order valence-corrected chi connectivity index (χ1v) is 9.20. The number of hydrogen-bond donors (Lipinski definition) is 5. The third-order valence-corrected chi connectivity index (χ3v) is 5.09. The second kappa shape index (κ2) is 7.79. The smallest absolute Gasteiger partial charge is 0.357 e. The fraction of sp³-hybridized carbons (Fsp3) is 0.0769. The van der Waals surface area contributed by atoms with E-state index < -0.39 is 21.9 Å². The summed E-state index contributed by atoms with van der Waals surface area (Å²) in [6.45, 7) is -0.271. The van der Waals surface area contributed by atoms with Crippen LogP contribution in [0.3, 0.4) is 0 Å². The number of nitrogens with zero attached hydrogens (tertiary/aromatic N) is 2. The number of carboxylic acid groups (broad SMARTS) is 1. The first-order valence-electron chi connectivity index (χ1n) is 6.84. The molecule has 2 aromatic rings. The number of thiazole rings is 1. The van der Waals surface area contributed by atoms with Gasteiger partial charge in [-0.05, 0) is 24.3 Å². The zero-order valence-corrected chi connectivity index (χ0v) is 14.7. The maximum Gasteiger partial charge on any atom is 0.357 e. The first kappa shape index (κ1) is 19.1. The predicted molar refractivity (Wildman–Crippen MR) is 95.6 cm³/mol. The van der Waals surface area contributed by atoms with Crippen LogP contribution in [0.15, 0.2) is 39.7 Å². The zero-order valence-electron chi connectivity index (χ0n) is 13.0. The van der Waals surface area contributed by atoms with Gasteiger partial charge in [-0.1, -0.05) is 0 Å². The number of nitrogens with one attached hydrogen (secondary N) is 2. The van der Waals surface area contributed by atoms with Gasteiger partial charge in [0.25, 0.3) is 10.0 Å². The number of hydrogen-bond acceptors (Lipinski definition) is 7. The summed E-state index contributed by atoms with van der Waals surface area (Å²) in [6, 6.07) is 5.24. The molecule has 0 aliphatic carbocycles. The van der Waals surface area contributed by atoms with Crippen molar-refractivity contribution in [1.29, 1.82) is 0 Å². The predicted octanol–water partition coefficient (Wildman–Crippen LogP) is -0.146. The van der Waals surface area contributed by atoms with Gasteiger partial charge in [0, 0.05) is 5.69 Å². The Bertz CT molecular complexity index is 948. The molecule has 1 aromatic heterocycles. The number of amides is 1. The maximum absolute atomic E-state index is 12.3. The SMILES string of the molecule is NC(N)=NCC(=O)Nc1ccc(S(=O)(=O)Nc2scnc2C(=O)O)cc1. The molecule has 0 saturated carbocycles. The number of nitrogens with two attached hydrogens (primary N) is 2. The van der Waals surface area contributed by atoms with Crippen LogP contribution >= 0.6 is 11.3 Å². The van der Waals surface area contributed by atoms with Crippen molar-refractivity contribution in [2.75, 3.05) is 16.6 Å². The van der Waals surface area contributed by atoms with Gasteiger partial charge in [-0.3, -0.25) is 9.52 Å². The molecule has 0 bridgehead atoms. The third-order valence-electron chi connectivity index (χ3n) is 2.85. The van der Waals surface area contributed by atoms with E-state index in [1.54, 1.807) is 0 Å². The van der Waals surface area contributed by atoms with E-state index in [0.29, 0.717) is 5.69 Å². The van der Waals surface area contributed by atoms with Crippen molar-refractivity contribution >= 4 is 49.9 Å². The highest BCUT2D eigenvalue weighted by molar-refractivity contribution is 7.93. The van der Waals surface area contributed by atoms with E-state index in [4.69, 9.17) is 16.6 Å². The molecule has 0 radical (unpaired) electrons. The number of aromatic carboxylic acids is 1. The third kappa shape index (κ3) is 4.90. The van der Waals surface area contributed by atoms with Gasteiger partial charge < -0.3 is 21.9 Å². The minimum Gasteiger partial charge on any atom is -0.476 e. The largest absolute Gasteiger partial charge is 0.476 e. The van der Waals surface area contributed by atoms with Crippen molar-refractivity contribution in [3.05, 3.63) is 35.5 Å². The Morgan fingerprint density at radius 2 is 1.88 bits per heavy atom. The van der Waals surface area contributed by atoms with Gasteiger partial charge in [0.15, 0.2) is 11.7 Å². The lowest BCUT2D eigenvalue weighted by Crippen LogP contribution is -2.25. The average molecular weight is 398 g/mol. The number of aromatic nitrogens is 1. The summed E-state index contributed by atoms with van der Waals surface area (Å²) in [5.74, 6) is -2.05. The van der Waals surface area contributed by atoms with Gasteiger partial charge >= 0.3 is 5.97 Å². The van der Waals surface area contributed by atoms with E-state index >= 15 is 0 Å². The Balaban J connectivity index is 2.11. The Labute approximate surface area is 151 Å². The summed E-state index contributed by atoms with van der Waals surface area (Å²) < 4.78 is 26.8. The number of carbonyl (C=O) groups is 2. The van der Waals surface area contributed by atoms with Crippen LogP contribution in [0.1, 0.15) is 10.5 Å². The molecule has 0 aliphatic heterocycles. The van der Waals surface area contributed by atoms with Crippen molar-refractivity contribution in [1.82, 2.24) is 4.98 Å². The van der Waals surface area contributed by atoms with Crippen LogP contribution in [0, 0.1) is 0 Å². The normalized spacial score (nSPS) is 10.8. The molecule has 138 valence electrons. The minimum atomic E-state index is -4.02. The monoisotopic (exact) mass is 398 g/mol. The summed E-state index contributed by atoms with van der Waals surface area (Å²) in [7, 11) is -4.02. The number of sulfonamides is 1. The molecule has 0 saturated heterocycles. The lowest BCUT2D eigenvalue weighted by Gasteiger charge is -2.08. The number of benzene rings is 1. The lowest BCUT2D eigenvalue weighted by molar-refractivity contribution is -0.114. The van der Waals surface area contributed by atoms with Gasteiger partial charge in [0.2, 0.25) is 5.91 Å². The number of anilines is 2. The summed E-state index contributed by atoms with van der Waals surface area (Å²) in [4.78, 5) is 29.6. The molecule has 1 heterocycles. The molecule has 1 aromatic carbocycles. The summed E-state index contributed by atoms with van der Waals surface area (Å²) in [5, 5.41) is 11.3. The zero-order chi connectivity index (χ0) is 19.3. The molecule has 0 unspecified atom stereocenters. The minimum absolute atomic E-state index is 0.105. The highest BCUT2D eigenvalue weighted by atomic mass is 32.2. The Morgan fingerprint density at radius 1 is 1.23 bits per heavy atom. The topological polar surface area (TPSA) is 190 Å². The van der Waals surface area contributed by atoms with Crippen LogP contribution in [-0.4, -0.2) is 42.9 Å². The molecule has 11 nitrogen and oxygen atoms in total. The van der Waals surface area contributed by atoms with E-state index in [0.717, 1.165) is 11.3 Å². The standard InChI is InChI=1S/C13H14N6O5S2/c14-13(15)16-5-9(20)18-7-1-3-8(4-2-7)26(23,24)19-11-10(12(21)22)17-6-25-11/h1-4,6,19H,5H2,(H,18,20)(H,21,22)(H4,14,15,16). The van der Waals surface area contributed by atoms with E-state index in [1.807, 2.05) is 0 Å². The van der Waals surface area contributed by atoms with Crippen molar-refractivity contribution in [2.24, 2.45) is 16.5 Å². The second-order valence-corrected chi connectivity index (χ2v) is 7.29. The molecular weight excluding hydrogens is 384 g/mol. The van der Waals surface area contributed by atoms with E-state index in [1.165, 1.54) is 29.8 Å². The Hall–Kier alpha value is -3.19. The van der Waals surface area contributed by atoms with Crippen molar-refractivity contribution < 1.29 is 23.1 Å². The molecule has 7 N–H and O–H groups in total. The fourth-order valence-electron chi connectivity index (χ4n) is 1.73. The summed E-state index contributed by atoms with van der Waals surface area (Å²) in [6.07, 6.45) is 0. The molecule has 0 atom stereocenters. The van der Waals surface area contributed by atoms with Crippen LogP contribution < -0.4 is 21.5 Å². The van der Waals surface area contributed by atoms with Crippen LogP contribution in [0.5, 0.6) is 0 Å². The Kier molecular flexibility index (Phi) is 5.74. The van der Waals surface area contributed by atoms with Gasteiger partial charge in [0.05, 0.1) is 10.4 Å². The van der Waals surface area contributed by atoms with Crippen LogP contribution in [0.2, 0.25) is 0 Å². The van der Waals surface area contributed by atoms with Crippen molar-refractivity contribution in [3.8, 4) is 0 Å². The van der Waals surface area contributed by atoms with Crippen LogP contribution in [-0.2, 0) is 14.8 Å². The quantitative estimate of drug-likeness (QED) is 0.314. The fourth-order valence-corrected chi connectivity index (χ4v) is 3.72. The van der Waals surface area contributed by atoms with Gasteiger partial charge in [-0.2, -0.15) is 0 Å². The van der Waals surface area contributed by atoms with Crippen LogP contribution in [0.25, 0.3) is 0 Å². The molecule has 0 aliphatic rings. The van der Waals surface area contributed by atoms with Crippen molar-refractivity contribution in [2.45, 2.75) is 4.90 Å². The lowest BCUT2D eigenvalue weighted by atomic mass is 10.3. The first-order chi connectivity index (χ1) is 12.2. The summed E-state index contributed by atoms with van der Waals surface area (Å²) in [5.41, 5.74) is 11.4. The van der Waals surface area contributed by atoms with Crippen molar-refractivity contribution in [3.63, 3.8) is 0 Å². The summed E-state index contributed by atoms with van der Waals surface area (Å²) >= 11 is 0.847. The van der Waals surface area contributed by atoms with Gasteiger partial charge in [-0.15, -0.1) is 11.3 Å². The molecule has 13 heteroatoms. The molecule has 0 fully saturated rings. The Morgan fingerprint density at radius 3 is 2.46 bits per heavy atom. The average Bonchev–Trinajstić information content (AvgIpc) is 3.01. The number of carboxylic acids is 1. The maximum atomic E-state index is 12.3. The molecular formula is C13H14N6O5S2. The number of rotatable bonds is 7. The van der Waals surface area contributed by atoms with Gasteiger partial charge in [0.1, 0.15) is 11.5 Å².